The first-order valence-electron chi connectivity index (χ1n) is 6.14. The summed E-state index contributed by atoms with van der Waals surface area (Å²) in [5, 5.41) is 40.7. The van der Waals surface area contributed by atoms with E-state index in [0.717, 1.165) is 48.5 Å². The fourth-order valence-electron chi connectivity index (χ4n) is 1.44. The molecule has 1 radical (unpaired) electrons. The van der Waals surface area contributed by atoms with Crippen LogP contribution in [-0.2, 0) is 39.0 Å². The normalized spacial score (nSPS) is 7.23. The van der Waals surface area contributed by atoms with Gasteiger partial charge in [-0.25, -0.2) is 0 Å². The van der Waals surface area contributed by atoms with Gasteiger partial charge in [0.1, 0.15) is 0 Å². The zero-order chi connectivity index (χ0) is 18.3. The number of carboxylic acid groups (broad SMARTS) is 2. The zero-order valence-electron chi connectivity index (χ0n) is 15.5. The van der Waals surface area contributed by atoms with E-state index in [9.17, 15) is 40.0 Å². The van der Waals surface area contributed by atoms with Crippen LogP contribution in [0.4, 0.5) is 11.4 Å². The number of nitrogens with zero attached hydrogens (tertiary/aromatic N) is 2. The summed E-state index contributed by atoms with van der Waals surface area (Å²) < 4.78 is 0. The van der Waals surface area contributed by atoms with Gasteiger partial charge in [-0.1, -0.05) is 0 Å². The number of nitro groups is 2. The van der Waals surface area contributed by atoms with Gasteiger partial charge >= 0.3 is 17.1 Å². The van der Waals surface area contributed by atoms with Gasteiger partial charge in [-0.15, -0.1) is 0 Å². The molecule has 16 nitrogen and oxygen atoms in total. The predicted molar refractivity (Wildman–Crippen MR) is 102 cm³/mol. The summed E-state index contributed by atoms with van der Waals surface area (Å²) in [6.45, 7) is 0. The minimum Gasteiger partial charge on any atom is -0.545 e. The second-order valence-corrected chi connectivity index (χ2v) is 4.18. The Labute approximate surface area is 183 Å². The van der Waals surface area contributed by atoms with Crippen LogP contribution in [0.5, 0.6) is 0 Å². The van der Waals surface area contributed by atoms with Crippen LogP contribution in [0.25, 0.3) is 0 Å². The third-order valence-electron chi connectivity index (χ3n) is 2.63. The Morgan fingerprint density at radius 3 is 0.903 bits per heavy atom. The molecular formula is C14H24MnN2O14+4. The number of rotatable bonds is 4. The van der Waals surface area contributed by atoms with Crippen LogP contribution in [0.2, 0.25) is 0 Å². The largest absolute Gasteiger partial charge is 2.00 e. The fourth-order valence-corrected chi connectivity index (χ4v) is 1.44. The molecule has 2 aromatic rings. The van der Waals surface area contributed by atoms with Crippen LogP contribution in [0, 0.1) is 20.2 Å². The monoisotopic (exact) mass is 499 g/mol. The summed E-state index contributed by atoms with van der Waals surface area (Å²) in [7, 11) is 0. The van der Waals surface area contributed by atoms with Crippen molar-refractivity contribution in [3.05, 3.63) is 79.9 Å². The van der Waals surface area contributed by atoms with E-state index >= 15 is 0 Å². The third kappa shape index (κ3) is 15.0. The second-order valence-electron chi connectivity index (χ2n) is 4.18. The number of non-ortho nitro benzene ring substituents is 2. The average Bonchev–Trinajstić information content (AvgIpc) is 2.55. The number of carboxylic acids is 2. The number of benzene rings is 2. The van der Waals surface area contributed by atoms with Crippen molar-refractivity contribution in [3.63, 3.8) is 0 Å². The van der Waals surface area contributed by atoms with Crippen LogP contribution >= 0.6 is 0 Å². The molecule has 0 aliphatic carbocycles. The Balaban J connectivity index is -0.0000000606. The molecule has 2 rings (SSSR count). The molecule has 0 unspecified atom stereocenters. The third-order valence-corrected chi connectivity index (χ3v) is 2.63. The van der Waals surface area contributed by atoms with Crippen molar-refractivity contribution in [1.82, 2.24) is 0 Å². The van der Waals surface area contributed by atoms with Gasteiger partial charge in [0.15, 0.2) is 0 Å². The minimum atomic E-state index is -1.34. The maximum absolute atomic E-state index is 10.2. The summed E-state index contributed by atoms with van der Waals surface area (Å²) >= 11 is 0. The molecule has 0 fully saturated rings. The van der Waals surface area contributed by atoms with E-state index in [1.807, 2.05) is 0 Å². The molecule has 0 amide bonds. The molecule has 17 heteroatoms. The summed E-state index contributed by atoms with van der Waals surface area (Å²) in [6.07, 6.45) is 0. The molecule has 0 aliphatic rings. The second kappa shape index (κ2) is 21.2. The molecule has 177 valence electrons. The first-order chi connectivity index (χ1) is 11.2. The first-order valence-corrected chi connectivity index (χ1v) is 6.14. The summed E-state index contributed by atoms with van der Waals surface area (Å²) in [6, 6.07) is 8.99. The van der Waals surface area contributed by atoms with Gasteiger partial charge in [0.05, 0.1) is 21.8 Å². The maximum atomic E-state index is 10.2. The topological polar surface area (TPSA) is 362 Å². The molecule has 0 aromatic heterocycles. The molecule has 0 heterocycles. The zero-order valence-corrected chi connectivity index (χ0v) is 16.6. The SMILES string of the molecule is O.O.O=C([O-])c1ccc([N+](=O)[O-])cc1.O=C([O-])c1ccc([N+](=O)[O-])cc1.[Mn+2].[OH3+].[OH3+].[OH3+].[OH3+]. The van der Waals surface area contributed by atoms with Gasteiger partial charge in [-0.2, -0.15) is 0 Å². The number of hydrogen-bond donors (Lipinski definition) is 0. The minimum absolute atomic E-state index is 0. The van der Waals surface area contributed by atoms with Crippen LogP contribution in [0.3, 0.4) is 0 Å². The van der Waals surface area contributed by atoms with E-state index in [1.54, 1.807) is 0 Å². The van der Waals surface area contributed by atoms with Crippen molar-refractivity contribution in [2.75, 3.05) is 0 Å². The quantitative estimate of drug-likeness (QED) is 0.168. The number of aromatic carboxylic acids is 2. The van der Waals surface area contributed by atoms with Gasteiger partial charge in [0, 0.05) is 24.3 Å². The standard InChI is InChI=1S/2C7H5NO4.Mn.6H2O/c2*9-7(10)5-1-3-6(4-2-5)8(11)12;;;;;;;/h2*1-4H,(H,9,10);;6*1H2/q;;+2;;;;;;/p+2. The molecule has 0 saturated carbocycles. The van der Waals surface area contributed by atoms with E-state index in [2.05, 4.69) is 0 Å². The molecule has 31 heavy (non-hydrogen) atoms. The molecule has 2 aromatic carbocycles. The van der Waals surface area contributed by atoms with Gasteiger partial charge in [-0.3, -0.25) is 20.2 Å². The van der Waals surface area contributed by atoms with Crippen molar-refractivity contribution in [2.45, 2.75) is 0 Å². The average molecular weight is 499 g/mol. The smallest absolute Gasteiger partial charge is 0.545 e. The van der Waals surface area contributed by atoms with Crippen molar-refractivity contribution in [2.24, 2.45) is 0 Å². The van der Waals surface area contributed by atoms with Crippen molar-refractivity contribution >= 4 is 23.3 Å². The predicted octanol–water partition coefficient (Wildman–Crippen LogP) is -5.42. The van der Waals surface area contributed by atoms with E-state index < -0.39 is 21.8 Å². The van der Waals surface area contributed by atoms with Crippen molar-refractivity contribution in [1.29, 1.82) is 0 Å². The van der Waals surface area contributed by atoms with Gasteiger partial charge in [0.25, 0.3) is 11.4 Å². The summed E-state index contributed by atoms with van der Waals surface area (Å²) in [5.74, 6) is -2.69. The molecule has 0 aliphatic heterocycles. The van der Waals surface area contributed by atoms with E-state index in [4.69, 9.17) is 0 Å². The van der Waals surface area contributed by atoms with Crippen molar-refractivity contribution < 1.29 is 79.6 Å². The number of carbonyl (C=O) groups excluding carboxylic acids is 2. The van der Waals surface area contributed by atoms with Gasteiger partial charge < -0.3 is 52.7 Å². The Kier molecular flexibility index (Phi) is 31.4. The van der Waals surface area contributed by atoms with Gasteiger partial charge in [-0.05, 0) is 35.4 Å². The number of carbonyl (C=O) groups is 2. The Hall–Kier alpha value is -3.54. The Morgan fingerprint density at radius 2 is 0.774 bits per heavy atom. The number of hydrogen-bond acceptors (Lipinski definition) is 8. The van der Waals surface area contributed by atoms with E-state index in [0.29, 0.717) is 0 Å². The van der Waals surface area contributed by atoms with Crippen LogP contribution < -0.4 is 10.2 Å². The van der Waals surface area contributed by atoms with E-state index in [-0.39, 0.29) is 72.4 Å². The summed E-state index contributed by atoms with van der Waals surface area (Å²) in [4.78, 5) is 39.5. The van der Waals surface area contributed by atoms with E-state index in [1.165, 1.54) is 0 Å². The molecule has 0 spiro atoms. The van der Waals surface area contributed by atoms with Gasteiger partial charge in [0.2, 0.25) is 0 Å². The molecule has 16 N–H and O–H groups in total. The van der Waals surface area contributed by atoms with Crippen LogP contribution in [0.15, 0.2) is 48.5 Å². The fraction of sp³-hybridized carbons (Fsp3) is 0. The molecule has 0 saturated heterocycles. The van der Waals surface area contributed by atoms with Crippen LogP contribution in [0.1, 0.15) is 20.7 Å². The van der Waals surface area contributed by atoms with Crippen molar-refractivity contribution in [3.8, 4) is 0 Å². The number of nitro benzene ring substituents is 2. The molecule has 0 atom stereocenters. The van der Waals surface area contributed by atoms with Crippen LogP contribution in [-0.4, -0.2) is 32.7 Å². The first kappa shape index (κ1) is 45.9. The maximum Gasteiger partial charge on any atom is 2.00 e. The summed E-state index contributed by atoms with van der Waals surface area (Å²) in [5.41, 5.74) is -0.416. The Morgan fingerprint density at radius 1 is 0.581 bits per heavy atom. The molecule has 0 bridgehead atoms. The Bertz CT molecular complexity index is 649. The molecular weight excluding hydrogens is 475 g/mol.